The Morgan fingerprint density at radius 2 is 2.11 bits per heavy atom. The summed E-state index contributed by atoms with van der Waals surface area (Å²) in [5, 5.41) is 28.5. The molecule has 0 amide bonds. The highest BCUT2D eigenvalue weighted by Gasteiger charge is 2.22. The molecule has 3 N–H and O–H groups in total. The average Bonchev–Trinajstić information content (AvgIpc) is 2.28. The van der Waals surface area contributed by atoms with E-state index >= 15 is 0 Å². The summed E-state index contributed by atoms with van der Waals surface area (Å²) in [5.74, 6) is -0.617. The van der Waals surface area contributed by atoms with Gasteiger partial charge in [0.1, 0.15) is 0 Å². The van der Waals surface area contributed by atoms with Gasteiger partial charge < -0.3 is 10.2 Å². The quantitative estimate of drug-likeness (QED) is 0.511. The second kappa shape index (κ2) is 5.29. The molecule has 0 heterocycles. The molecule has 0 unspecified atom stereocenters. The molecular weight excluding hydrogens is 264 g/mol. The number of phenolic OH excluding ortho intramolecular Hbond substituents is 1. The van der Waals surface area contributed by atoms with Gasteiger partial charge in [0, 0.05) is 12.1 Å². The van der Waals surface area contributed by atoms with Crippen molar-refractivity contribution in [2.75, 3.05) is 6.61 Å². The van der Waals surface area contributed by atoms with Crippen LogP contribution in [0.5, 0.6) is 5.75 Å². The Bertz CT molecular complexity index is 556. The van der Waals surface area contributed by atoms with Crippen LogP contribution in [0.25, 0.3) is 0 Å². The fourth-order valence-corrected chi connectivity index (χ4v) is 2.44. The van der Waals surface area contributed by atoms with Gasteiger partial charge >= 0.3 is 5.69 Å². The monoisotopic (exact) mass is 276 g/mol. The van der Waals surface area contributed by atoms with Crippen LogP contribution in [0.3, 0.4) is 0 Å². The van der Waals surface area contributed by atoms with Crippen molar-refractivity contribution in [1.29, 1.82) is 0 Å². The van der Waals surface area contributed by atoms with E-state index in [1.54, 1.807) is 0 Å². The Kier molecular flexibility index (Phi) is 4.22. The maximum Gasteiger partial charge on any atom is 0.312 e. The lowest BCUT2D eigenvalue weighted by atomic mass is 10.3. The number of hydrogen-bond acceptors (Lipinski definition) is 6. The Labute approximate surface area is 103 Å². The van der Waals surface area contributed by atoms with Crippen LogP contribution in [0.1, 0.15) is 6.92 Å². The van der Waals surface area contributed by atoms with Gasteiger partial charge in [-0.25, -0.2) is 13.1 Å². The third kappa shape index (κ3) is 3.15. The number of aliphatic hydroxyl groups is 1. The Morgan fingerprint density at radius 3 is 2.61 bits per heavy atom. The van der Waals surface area contributed by atoms with Crippen molar-refractivity contribution >= 4 is 15.7 Å². The Hall–Kier alpha value is -1.71. The first-order valence-corrected chi connectivity index (χ1v) is 6.37. The van der Waals surface area contributed by atoms with Crippen LogP contribution in [-0.4, -0.2) is 36.2 Å². The highest BCUT2D eigenvalue weighted by molar-refractivity contribution is 7.89. The molecule has 0 fully saturated rings. The van der Waals surface area contributed by atoms with E-state index in [1.807, 2.05) is 0 Å². The number of nitro benzene ring substituents is 1. The van der Waals surface area contributed by atoms with E-state index in [0.29, 0.717) is 0 Å². The summed E-state index contributed by atoms with van der Waals surface area (Å²) in [6.07, 6.45) is 0. The number of rotatable bonds is 5. The average molecular weight is 276 g/mol. The molecule has 0 aliphatic heterocycles. The minimum atomic E-state index is -3.97. The van der Waals surface area contributed by atoms with E-state index in [9.17, 15) is 23.6 Å². The van der Waals surface area contributed by atoms with Crippen LogP contribution in [0.2, 0.25) is 0 Å². The standard InChI is InChI=1S/C9H12N2O6S/c1-6(5-12)10-18(16,17)7-2-3-9(13)8(4-7)11(14)15/h2-4,6,10,12-13H,5H2,1H3/t6-/m0/s1. The molecular formula is C9H12N2O6S. The van der Waals surface area contributed by atoms with Crippen molar-refractivity contribution < 1.29 is 23.6 Å². The van der Waals surface area contributed by atoms with Gasteiger partial charge in [-0.1, -0.05) is 0 Å². The number of aromatic hydroxyl groups is 1. The van der Waals surface area contributed by atoms with E-state index in [1.165, 1.54) is 6.92 Å². The smallest absolute Gasteiger partial charge is 0.312 e. The fourth-order valence-electron chi connectivity index (χ4n) is 1.19. The first-order chi connectivity index (χ1) is 8.27. The maximum absolute atomic E-state index is 11.8. The summed E-state index contributed by atoms with van der Waals surface area (Å²) in [6.45, 7) is 1.03. The van der Waals surface area contributed by atoms with Crippen molar-refractivity contribution in [3.8, 4) is 5.75 Å². The second-order valence-electron chi connectivity index (χ2n) is 3.61. The molecule has 0 bridgehead atoms. The Morgan fingerprint density at radius 1 is 1.50 bits per heavy atom. The first-order valence-electron chi connectivity index (χ1n) is 4.88. The second-order valence-corrected chi connectivity index (χ2v) is 5.33. The third-order valence-corrected chi connectivity index (χ3v) is 3.67. The molecule has 0 aliphatic rings. The molecule has 9 heteroatoms. The normalized spacial score (nSPS) is 13.2. The number of sulfonamides is 1. The minimum Gasteiger partial charge on any atom is -0.502 e. The predicted octanol–water partition coefficient (Wildman–Crippen LogP) is -0.0405. The largest absolute Gasteiger partial charge is 0.502 e. The van der Waals surface area contributed by atoms with Crippen molar-refractivity contribution in [2.24, 2.45) is 0 Å². The molecule has 8 nitrogen and oxygen atoms in total. The predicted molar refractivity (Wildman–Crippen MR) is 61.6 cm³/mol. The van der Waals surface area contributed by atoms with Crippen LogP contribution in [0, 0.1) is 10.1 Å². The summed E-state index contributed by atoms with van der Waals surface area (Å²) in [5.41, 5.74) is -0.700. The lowest BCUT2D eigenvalue weighted by Crippen LogP contribution is -2.34. The molecule has 0 saturated carbocycles. The summed E-state index contributed by atoms with van der Waals surface area (Å²) >= 11 is 0. The Balaban J connectivity index is 3.18. The molecule has 1 aromatic carbocycles. The minimum absolute atomic E-state index is 0.354. The van der Waals surface area contributed by atoms with Crippen molar-refractivity contribution in [1.82, 2.24) is 4.72 Å². The van der Waals surface area contributed by atoms with Crippen LogP contribution < -0.4 is 4.72 Å². The van der Waals surface area contributed by atoms with Gasteiger partial charge in [-0.15, -0.1) is 0 Å². The highest BCUT2D eigenvalue weighted by atomic mass is 32.2. The van der Waals surface area contributed by atoms with Crippen molar-refractivity contribution in [2.45, 2.75) is 17.9 Å². The number of aliphatic hydroxyl groups excluding tert-OH is 1. The molecule has 0 aromatic heterocycles. The summed E-state index contributed by atoms with van der Waals surface area (Å²) in [4.78, 5) is 9.33. The van der Waals surface area contributed by atoms with Gasteiger partial charge in [-0.3, -0.25) is 10.1 Å². The molecule has 0 radical (unpaired) electrons. The number of phenols is 1. The van der Waals surface area contributed by atoms with Gasteiger partial charge in [-0.05, 0) is 19.1 Å². The number of hydrogen-bond donors (Lipinski definition) is 3. The van der Waals surface area contributed by atoms with Crippen molar-refractivity contribution in [3.63, 3.8) is 0 Å². The lowest BCUT2D eigenvalue weighted by molar-refractivity contribution is -0.386. The zero-order valence-electron chi connectivity index (χ0n) is 9.40. The van der Waals surface area contributed by atoms with E-state index in [0.717, 1.165) is 18.2 Å². The zero-order valence-corrected chi connectivity index (χ0v) is 10.2. The van der Waals surface area contributed by atoms with Crippen molar-refractivity contribution in [3.05, 3.63) is 28.3 Å². The lowest BCUT2D eigenvalue weighted by Gasteiger charge is -2.11. The SMILES string of the molecule is C[C@@H](CO)NS(=O)(=O)c1ccc(O)c([N+](=O)[O-])c1. The third-order valence-electron chi connectivity index (χ3n) is 2.08. The summed E-state index contributed by atoms with van der Waals surface area (Å²) in [6, 6.07) is 2.00. The number of nitro groups is 1. The molecule has 1 rings (SSSR count). The van der Waals surface area contributed by atoms with E-state index in [-0.39, 0.29) is 4.90 Å². The number of nitrogens with zero attached hydrogens (tertiary/aromatic N) is 1. The molecule has 100 valence electrons. The van der Waals surface area contributed by atoms with E-state index in [4.69, 9.17) is 5.11 Å². The molecule has 1 aromatic rings. The highest BCUT2D eigenvalue weighted by Crippen LogP contribution is 2.28. The van der Waals surface area contributed by atoms with E-state index < -0.39 is 39.0 Å². The van der Waals surface area contributed by atoms with Gasteiger partial charge in [0.15, 0.2) is 5.75 Å². The van der Waals surface area contributed by atoms with Crippen LogP contribution in [-0.2, 0) is 10.0 Å². The first kappa shape index (κ1) is 14.4. The number of benzene rings is 1. The molecule has 0 aliphatic carbocycles. The number of nitrogens with one attached hydrogen (secondary N) is 1. The van der Waals surface area contributed by atoms with Crippen LogP contribution in [0.4, 0.5) is 5.69 Å². The molecule has 0 saturated heterocycles. The summed E-state index contributed by atoms with van der Waals surface area (Å²) in [7, 11) is -3.97. The van der Waals surface area contributed by atoms with Gasteiger partial charge in [0.2, 0.25) is 10.0 Å². The fraction of sp³-hybridized carbons (Fsp3) is 0.333. The topological polar surface area (TPSA) is 130 Å². The molecule has 1 atom stereocenters. The summed E-state index contributed by atoms with van der Waals surface area (Å²) < 4.78 is 25.6. The maximum atomic E-state index is 11.8. The van der Waals surface area contributed by atoms with Crippen LogP contribution >= 0.6 is 0 Å². The van der Waals surface area contributed by atoms with Gasteiger partial charge in [0.05, 0.1) is 16.4 Å². The van der Waals surface area contributed by atoms with E-state index in [2.05, 4.69) is 4.72 Å². The molecule has 0 spiro atoms. The molecule has 18 heavy (non-hydrogen) atoms. The zero-order chi connectivity index (χ0) is 13.9. The van der Waals surface area contributed by atoms with Gasteiger partial charge in [-0.2, -0.15) is 0 Å². The van der Waals surface area contributed by atoms with Crippen LogP contribution in [0.15, 0.2) is 23.1 Å². The van der Waals surface area contributed by atoms with Gasteiger partial charge in [0.25, 0.3) is 0 Å².